The van der Waals surface area contributed by atoms with E-state index >= 15 is 0 Å². The lowest BCUT2D eigenvalue weighted by Crippen LogP contribution is -2.13. The van der Waals surface area contributed by atoms with E-state index in [1.165, 1.54) is 16.9 Å². The van der Waals surface area contributed by atoms with Gasteiger partial charge in [-0.25, -0.2) is 5.10 Å². The van der Waals surface area contributed by atoms with Crippen molar-refractivity contribution in [2.24, 2.45) is 5.92 Å². The van der Waals surface area contributed by atoms with E-state index in [-0.39, 0.29) is 5.56 Å². The Bertz CT molecular complexity index is 572. The van der Waals surface area contributed by atoms with E-state index in [0.717, 1.165) is 29.0 Å². The Kier molecular flexibility index (Phi) is 1.88. The third-order valence-corrected chi connectivity index (χ3v) is 4.15. The Balaban J connectivity index is 2.34. The summed E-state index contributed by atoms with van der Waals surface area (Å²) in [5, 5.41) is 10.8. The maximum Gasteiger partial charge on any atom is 0.276 e. The van der Waals surface area contributed by atoms with Gasteiger partial charge in [-0.3, -0.25) is 4.79 Å². The average Bonchev–Trinajstić information content (AvgIpc) is 2.56. The SMILES string of the molecule is C[C@H]1CCc2c(sc3nn[nH]c(=O)c23)C1. The standard InChI is InChI=1S/C10H11N3OS/c1-5-2-3-6-7(4-5)15-10-8(6)9(14)11-13-12-10/h5H,2-4H2,1H3,(H,11,12,14)/t5-/m0/s1. The number of hydrogen-bond acceptors (Lipinski definition) is 4. The number of aromatic amines is 1. The number of H-pyrrole nitrogens is 1. The molecule has 2 aromatic rings. The van der Waals surface area contributed by atoms with Gasteiger partial charge in [0.1, 0.15) is 0 Å². The van der Waals surface area contributed by atoms with Crippen molar-refractivity contribution in [2.45, 2.75) is 26.2 Å². The molecular weight excluding hydrogens is 210 g/mol. The minimum atomic E-state index is -0.0907. The number of aryl methyl sites for hydroxylation is 1. The van der Waals surface area contributed by atoms with Crippen molar-refractivity contribution in [1.82, 2.24) is 15.4 Å². The minimum Gasteiger partial charge on any atom is -0.267 e. The molecule has 0 amide bonds. The van der Waals surface area contributed by atoms with Gasteiger partial charge in [-0.05, 0) is 30.7 Å². The molecule has 1 aliphatic carbocycles. The van der Waals surface area contributed by atoms with Crippen LogP contribution >= 0.6 is 11.3 Å². The second kappa shape index (κ2) is 3.13. The van der Waals surface area contributed by atoms with Gasteiger partial charge in [0.05, 0.1) is 5.39 Å². The molecule has 1 aliphatic rings. The molecule has 1 N–H and O–H groups in total. The molecule has 2 aromatic heterocycles. The fraction of sp³-hybridized carbons (Fsp3) is 0.500. The monoisotopic (exact) mass is 221 g/mol. The zero-order valence-corrected chi connectivity index (χ0v) is 9.23. The number of nitrogens with one attached hydrogen (secondary N) is 1. The predicted octanol–water partition coefficient (Wildman–Crippen LogP) is 1.50. The van der Waals surface area contributed by atoms with Crippen molar-refractivity contribution in [2.75, 3.05) is 0 Å². The highest BCUT2D eigenvalue weighted by atomic mass is 32.1. The molecule has 0 spiro atoms. The molecule has 0 saturated carbocycles. The molecule has 0 bridgehead atoms. The van der Waals surface area contributed by atoms with Gasteiger partial charge >= 0.3 is 0 Å². The van der Waals surface area contributed by atoms with Gasteiger partial charge in [-0.2, -0.15) is 0 Å². The molecule has 5 heteroatoms. The van der Waals surface area contributed by atoms with Crippen molar-refractivity contribution < 1.29 is 0 Å². The number of rotatable bonds is 0. The van der Waals surface area contributed by atoms with E-state index in [1.807, 2.05) is 0 Å². The van der Waals surface area contributed by atoms with Crippen molar-refractivity contribution in [3.05, 3.63) is 20.8 Å². The highest BCUT2D eigenvalue weighted by Gasteiger charge is 2.22. The summed E-state index contributed by atoms with van der Waals surface area (Å²) in [5.41, 5.74) is 1.12. The van der Waals surface area contributed by atoms with Crippen molar-refractivity contribution in [1.29, 1.82) is 0 Å². The largest absolute Gasteiger partial charge is 0.276 e. The molecular formula is C10H11N3OS. The Morgan fingerprint density at radius 3 is 3.27 bits per heavy atom. The van der Waals surface area contributed by atoms with Gasteiger partial charge in [-0.1, -0.05) is 12.1 Å². The lowest BCUT2D eigenvalue weighted by Gasteiger charge is -2.17. The van der Waals surface area contributed by atoms with Crippen LogP contribution in [0.25, 0.3) is 10.2 Å². The van der Waals surface area contributed by atoms with E-state index in [4.69, 9.17) is 0 Å². The molecule has 15 heavy (non-hydrogen) atoms. The van der Waals surface area contributed by atoms with Crippen molar-refractivity contribution in [3.8, 4) is 0 Å². The first-order valence-corrected chi connectivity index (χ1v) is 5.93. The maximum atomic E-state index is 11.6. The lowest BCUT2D eigenvalue weighted by atomic mass is 9.89. The smallest absolute Gasteiger partial charge is 0.267 e. The Hall–Kier alpha value is -1.23. The van der Waals surface area contributed by atoms with Gasteiger partial charge in [-0.15, -0.1) is 16.4 Å². The summed E-state index contributed by atoms with van der Waals surface area (Å²) in [5.74, 6) is 0.720. The lowest BCUT2D eigenvalue weighted by molar-refractivity contribution is 0.509. The predicted molar refractivity (Wildman–Crippen MR) is 59.2 cm³/mol. The topological polar surface area (TPSA) is 58.6 Å². The minimum absolute atomic E-state index is 0.0907. The quantitative estimate of drug-likeness (QED) is 0.733. The first kappa shape index (κ1) is 9.03. The van der Waals surface area contributed by atoms with E-state index in [9.17, 15) is 4.79 Å². The van der Waals surface area contributed by atoms with Crippen LogP contribution in [-0.2, 0) is 12.8 Å². The van der Waals surface area contributed by atoms with E-state index in [2.05, 4.69) is 22.3 Å². The normalized spacial score (nSPS) is 20.5. The molecule has 0 saturated heterocycles. The molecule has 1 atom stereocenters. The number of nitrogens with zero attached hydrogens (tertiary/aromatic N) is 2. The van der Waals surface area contributed by atoms with Gasteiger partial charge in [0.2, 0.25) is 0 Å². The molecule has 0 radical (unpaired) electrons. The fourth-order valence-electron chi connectivity index (χ4n) is 2.21. The first-order valence-electron chi connectivity index (χ1n) is 5.11. The molecule has 0 unspecified atom stereocenters. The average molecular weight is 221 g/mol. The summed E-state index contributed by atoms with van der Waals surface area (Å²) >= 11 is 1.62. The van der Waals surface area contributed by atoms with Crippen molar-refractivity contribution >= 4 is 21.6 Å². The molecule has 2 heterocycles. The number of fused-ring (bicyclic) bond motifs is 3. The molecule has 78 valence electrons. The summed E-state index contributed by atoms with van der Waals surface area (Å²) in [6.07, 6.45) is 3.25. The zero-order valence-electron chi connectivity index (χ0n) is 8.41. The summed E-state index contributed by atoms with van der Waals surface area (Å²) in [7, 11) is 0. The van der Waals surface area contributed by atoms with E-state index in [0.29, 0.717) is 0 Å². The fourth-order valence-corrected chi connectivity index (χ4v) is 3.54. The van der Waals surface area contributed by atoms with Crippen LogP contribution < -0.4 is 5.56 Å². The van der Waals surface area contributed by atoms with Crippen LogP contribution in [0, 0.1) is 5.92 Å². The van der Waals surface area contributed by atoms with Crippen LogP contribution in [0.5, 0.6) is 0 Å². The Morgan fingerprint density at radius 1 is 1.53 bits per heavy atom. The van der Waals surface area contributed by atoms with Crippen LogP contribution in [0.2, 0.25) is 0 Å². The zero-order chi connectivity index (χ0) is 10.4. The van der Waals surface area contributed by atoms with E-state index in [1.54, 1.807) is 11.3 Å². The summed E-state index contributed by atoms with van der Waals surface area (Å²) in [6, 6.07) is 0. The molecule has 3 rings (SSSR count). The van der Waals surface area contributed by atoms with E-state index < -0.39 is 0 Å². The van der Waals surface area contributed by atoms with Gasteiger partial charge in [0.25, 0.3) is 5.56 Å². The van der Waals surface area contributed by atoms with Crippen LogP contribution in [-0.4, -0.2) is 15.4 Å². The third-order valence-electron chi connectivity index (χ3n) is 3.01. The van der Waals surface area contributed by atoms with Crippen LogP contribution in [0.15, 0.2) is 4.79 Å². The molecule has 0 aliphatic heterocycles. The summed E-state index contributed by atoms with van der Waals surface area (Å²) in [4.78, 5) is 13.8. The summed E-state index contributed by atoms with van der Waals surface area (Å²) < 4.78 is 0. The van der Waals surface area contributed by atoms with Crippen LogP contribution in [0.4, 0.5) is 0 Å². The third kappa shape index (κ3) is 1.30. The second-order valence-corrected chi connectivity index (χ2v) is 5.26. The number of thiophene rings is 1. The Labute approximate surface area is 90.3 Å². The highest BCUT2D eigenvalue weighted by molar-refractivity contribution is 7.18. The second-order valence-electron chi connectivity index (χ2n) is 4.17. The maximum absolute atomic E-state index is 11.6. The van der Waals surface area contributed by atoms with Crippen molar-refractivity contribution in [3.63, 3.8) is 0 Å². The van der Waals surface area contributed by atoms with Crippen LogP contribution in [0.1, 0.15) is 23.8 Å². The highest BCUT2D eigenvalue weighted by Crippen LogP contribution is 2.34. The molecule has 4 nitrogen and oxygen atoms in total. The van der Waals surface area contributed by atoms with Gasteiger partial charge < -0.3 is 0 Å². The molecule has 0 aromatic carbocycles. The first-order chi connectivity index (χ1) is 7.25. The number of hydrogen-bond donors (Lipinski definition) is 1. The Morgan fingerprint density at radius 2 is 2.40 bits per heavy atom. The summed E-state index contributed by atoms with van der Waals surface area (Å²) in [6.45, 7) is 2.25. The van der Waals surface area contributed by atoms with Gasteiger partial charge in [0, 0.05) is 4.88 Å². The van der Waals surface area contributed by atoms with Crippen LogP contribution in [0.3, 0.4) is 0 Å². The number of aromatic nitrogens is 3. The van der Waals surface area contributed by atoms with Gasteiger partial charge in [0.15, 0.2) is 4.83 Å². The molecule has 0 fully saturated rings.